The number of hydrogen-bond acceptors (Lipinski definition) is 3. The number of aromatic nitrogens is 2. The number of amides is 2. The van der Waals surface area contributed by atoms with Crippen LogP contribution < -0.4 is 0 Å². The van der Waals surface area contributed by atoms with Crippen molar-refractivity contribution in [2.75, 3.05) is 26.2 Å². The largest absolute Gasteiger partial charge is 0.342 e. The molecule has 4 rings (SSSR count). The predicted molar refractivity (Wildman–Crippen MR) is 113 cm³/mol. The fraction of sp³-hybridized carbons (Fsp3) is 0.609. The van der Waals surface area contributed by atoms with E-state index in [2.05, 4.69) is 4.98 Å². The van der Waals surface area contributed by atoms with Crippen molar-refractivity contribution in [3.8, 4) is 0 Å². The summed E-state index contributed by atoms with van der Waals surface area (Å²) in [7, 11) is 0. The third kappa shape index (κ3) is 4.16. The minimum atomic E-state index is -0.358. The zero-order valence-electron chi connectivity index (χ0n) is 17.8. The summed E-state index contributed by atoms with van der Waals surface area (Å²) >= 11 is 0. The Morgan fingerprint density at radius 3 is 2.45 bits per heavy atom. The number of hydrogen-bond donors (Lipinski definition) is 1. The van der Waals surface area contributed by atoms with Crippen LogP contribution in [0.4, 0.5) is 0 Å². The SMILES string of the molecule is CC(C)(C)C(=O)N1CCC(C(=O)N2CCCC(c3nc4ccccc4[nH]3)C2)CC1. The fourth-order valence-corrected chi connectivity index (χ4v) is 4.63. The maximum Gasteiger partial charge on any atom is 0.227 e. The maximum absolute atomic E-state index is 13.2. The van der Waals surface area contributed by atoms with E-state index in [-0.39, 0.29) is 29.1 Å². The molecule has 1 N–H and O–H groups in total. The summed E-state index contributed by atoms with van der Waals surface area (Å²) in [5.41, 5.74) is 1.69. The van der Waals surface area contributed by atoms with Crippen molar-refractivity contribution in [1.29, 1.82) is 0 Å². The molecular weight excluding hydrogens is 364 g/mol. The molecule has 3 heterocycles. The smallest absolute Gasteiger partial charge is 0.227 e. The zero-order valence-corrected chi connectivity index (χ0v) is 17.8. The lowest BCUT2D eigenvalue weighted by atomic mass is 9.89. The Hall–Kier alpha value is -2.37. The summed E-state index contributed by atoms with van der Waals surface area (Å²) < 4.78 is 0. The normalized spacial score (nSPS) is 21.6. The Labute approximate surface area is 172 Å². The standard InChI is InChI=1S/C23H32N4O2/c1-23(2,3)22(29)26-13-10-16(11-14-26)21(28)27-12-6-7-17(15-27)20-24-18-8-4-5-9-19(18)25-20/h4-5,8-9,16-17H,6-7,10-15H2,1-3H3,(H,24,25). The second-order valence-corrected chi connectivity index (χ2v) is 9.58. The molecule has 0 radical (unpaired) electrons. The predicted octanol–water partition coefficient (Wildman–Crippen LogP) is 3.55. The topological polar surface area (TPSA) is 69.3 Å². The first kappa shape index (κ1) is 19.9. The van der Waals surface area contributed by atoms with Gasteiger partial charge < -0.3 is 14.8 Å². The monoisotopic (exact) mass is 396 g/mol. The molecule has 2 saturated heterocycles. The molecule has 1 aromatic heterocycles. The maximum atomic E-state index is 13.2. The van der Waals surface area contributed by atoms with E-state index in [1.165, 1.54) is 0 Å². The fourth-order valence-electron chi connectivity index (χ4n) is 4.63. The molecule has 0 bridgehead atoms. The number of carbonyl (C=O) groups is 2. The molecule has 6 heteroatoms. The van der Waals surface area contributed by atoms with E-state index in [4.69, 9.17) is 4.98 Å². The lowest BCUT2D eigenvalue weighted by Gasteiger charge is -2.38. The molecule has 156 valence electrons. The van der Waals surface area contributed by atoms with Gasteiger partial charge in [0.2, 0.25) is 11.8 Å². The van der Waals surface area contributed by atoms with Gasteiger partial charge in [-0.3, -0.25) is 9.59 Å². The molecule has 2 aromatic rings. The van der Waals surface area contributed by atoms with Crippen molar-refractivity contribution in [3.63, 3.8) is 0 Å². The summed E-state index contributed by atoms with van der Waals surface area (Å²) in [6.45, 7) is 8.81. The summed E-state index contributed by atoms with van der Waals surface area (Å²) in [6, 6.07) is 8.08. The number of fused-ring (bicyclic) bond motifs is 1. The van der Waals surface area contributed by atoms with Gasteiger partial charge >= 0.3 is 0 Å². The quantitative estimate of drug-likeness (QED) is 0.844. The van der Waals surface area contributed by atoms with Crippen molar-refractivity contribution in [2.24, 2.45) is 11.3 Å². The average Bonchev–Trinajstić information content (AvgIpc) is 3.16. The van der Waals surface area contributed by atoms with E-state index < -0.39 is 0 Å². The van der Waals surface area contributed by atoms with Crippen LogP contribution in [0.15, 0.2) is 24.3 Å². The van der Waals surface area contributed by atoms with Gasteiger partial charge in [-0.2, -0.15) is 0 Å². The molecule has 1 aromatic carbocycles. The summed E-state index contributed by atoms with van der Waals surface area (Å²) in [4.78, 5) is 37.8. The van der Waals surface area contributed by atoms with E-state index in [1.54, 1.807) is 0 Å². The number of piperidine rings is 2. The van der Waals surface area contributed by atoms with Crippen molar-refractivity contribution >= 4 is 22.8 Å². The molecule has 2 amide bonds. The van der Waals surface area contributed by atoms with Crippen molar-refractivity contribution in [2.45, 2.75) is 52.4 Å². The van der Waals surface area contributed by atoms with Crippen LogP contribution in [0.5, 0.6) is 0 Å². The molecule has 2 aliphatic rings. The summed E-state index contributed by atoms with van der Waals surface area (Å²) in [5.74, 6) is 1.74. The number of nitrogens with one attached hydrogen (secondary N) is 1. The number of aromatic amines is 1. The molecule has 2 aliphatic heterocycles. The minimum absolute atomic E-state index is 0.0356. The van der Waals surface area contributed by atoms with Gasteiger partial charge in [-0.1, -0.05) is 32.9 Å². The number of carbonyl (C=O) groups excluding carboxylic acids is 2. The molecule has 0 aliphatic carbocycles. The van der Waals surface area contributed by atoms with E-state index in [0.717, 1.165) is 55.6 Å². The van der Waals surface area contributed by atoms with E-state index in [9.17, 15) is 9.59 Å². The molecule has 1 atom stereocenters. The number of benzene rings is 1. The third-order valence-corrected chi connectivity index (χ3v) is 6.30. The Morgan fingerprint density at radius 1 is 1.03 bits per heavy atom. The third-order valence-electron chi connectivity index (χ3n) is 6.30. The molecule has 0 spiro atoms. The highest BCUT2D eigenvalue weighted by Gasteiger charge is 2.35. The second-order valence-electron chi connectivity index (χ2n) is 9.58. The number of rotatable bonds is 2. The lowest BCUT2D eigenvalue weighted by molar-refractivity contribution is -0.145. The number of nitrogens with zero attached hydrogens (tertiary/aromatic N) is 3. The Kier molecular flexibility index (Phi) is 5.36. The van der Waals surface area contributed by atoms with E-state index in [1.807, 2.05) is 54.8 Å². The van der Waals surface area contributed by atoms with Crippen LogP contribution in [0.25, 0.3) is 11.0 Å². The van der Waals surface area contributed by atoms with Gasteiger partial charge in [0.1, 0.15) is 5.82 Å². The number of H-pyrrole nitrogens is 1. The van der Waals surface area contributed by atoms with Crippen LogP contribution in [0.2, 0.25) is 0 Å². The molecule has 29 heavy (non-hydrogen) atoms. The highest BCUT2D eigenvalue weighted by Crippen LogP contribution is 2.30. The molecule has 6 nitrogen and oxygen atoms in total. The molecule has 1 unspecified atom stereocenters. The molecule has 0 saturated carbocycles. The van der Waals surface area contributed by atoms with Crippen LogP contribution in [-0.2, 0) is 9.59 Å². The lowest BCUT2D eigenvalue weighted by Crippen LogP contribution is -2.48. The van der Waals surface area contributed by atoms with Gasteiger partial charge in [0.25, 0.3) is 0 Å². The van der Waals surface area contributed by atoms with Crippen LogP contribution in [0.1, 0.15) is 58.2 Å². The van der Waals surface area contributed by atoms with Gasteiger partial charge in [-0.15, -0.1) is 0 Å². The van der Waals surface area contributed by atoms with Gasteiger partial charge in [0.15, 0.2) is 0 Å². The first-order valence-corrected chi connectivity index (χ1v) is 10.9. The Morgan fingerprint density at radius 2 is 1.76 bits per heavy atom. The van der Waals surface area contributed by atoms with Crippen LogP contribution >= 0.6 is 0 Å². The Balaban J connectivity index is 1.37. The molecule has 2 fully saturated rings. The van der Waals surface area contributed by atoms with Crippen molar-refractivity contribution in [1.82, 2.24) is 19.8 Å². The number of likely N-dealkylation sites (tertiary alicyclic amines) is 2. The average molecular weight is 397 g/mol. The first-order chi connectivity index (χ1) is 13.8. The van der Waals surface area contributed by atoms with Crippen LogP contribution in [0, 0.1) is 11.3 Å². The summed E-state index contributed by atoms with van der Waals surface area (Å²) in [5, 5.41) is 0. The van der Waals surface area contributed by atoms with Gasteiger partial charge in [-0.05, 0) is 37.8 Å². The number of imidazole rings is 1. The van der Waals surface area contributed by atoms with E-state index in [0.29, 0.717) is 13.1 Å². The van der Waals surface area contributed by atoms with Crippen LogP contribution in [0.3, 0.4) is 0 Å². The highest BCUT2D eigenvalue weighted by atomic mass is 16.2. The highest BCUT2D eigenvalue weighted by molar-refractivity contribution is 5.83. The van der Waals surface area contributed by atoms with Crippen LogP contribution in [-0.4, -0.2) is 57.8 Å². The Bertz CT molecular complexity index is 857. The van der Waals surface area contributed by atoms with Gasteiger partial charge in [-0.25, -0.2) is 4.98 Å². The van der Waals surface area contributed by atoms with Crippen molar-refractivity contribution in [3.05, 3.63) is 30.1 Å². The van der Waals surface area contributed by atoms with Crippen molar-refractivity contribution < 1.29 is 9.59 Å². The minimum Gasteiger partial charge on any atom is -0.342 e. The number of para-hydroxylation sites is 2. The summed E-state index contributed by atoms with van der Waals surface area (Å²) in [6.07, 6.45) is 3.61. The van der Waals surface area contributed by atoms with Gasteiger partial charge in [0, 0.05) is 43.4 Å². The molecular formula is C23H32N4O2. The zero-order chi connectivity index (χ0) is 20.6. The van der Waals surface area contributed by atoms with Gasteiger partial charge in [0.05, 0.1) is 11.0 Å². The second kappa shape index (κ2) is 7.81. The first-order valence-electron chi connectivity index (χ1n) is 10.9. The van der Waals surface area contributed by atoms with E-state index >= 15 is 0 Å².